The molecule has 3 rings (SSSR count). The Hall–Kier alpha value is -1.84. The van der Waals surface area contributed by atoms with E-state index in [1.807, 2.05) is 13.8 Å². The summed E-state index contributed by atoms with van der Waals surface area (Å²) < 4.78 is 44.3. The predicted molar refractivity (Wildman–Crippen MR) is 96.9 cm³/mol. The lowest BCUT2D eigenvalue weighted by molar-refractivity contribution is -0.0530. The van der Waals surface area contributed by atoms with Crippen LogP contribution >= 0.6 is 0 Å². The third-order valence-electron chi connectivity index (χ3n) is 4.80. The summed E-state index contributed by atoms with van der Waals surface area (Å²) in [5, 5.41) is 9.36. The van der Waals surface area contributed by atoms with Gasteiger partial charge < -0.3 is 19.3 Å². The zero-order chi connectivity index (χ0) is 19.6. The molecule has 1 aromatic rings. The second kappa shape index (κ2) is 8.04. The summed E-state index contributed by atoms with van der Waals surface area (Å²) in [5.74, 6) is -0.674. The molecule has 9 heteroatoms. The molecule has 2 aliphatic rings. The number of hydrogen-bond donors (Lipinski definition) is 2. The molecule has 2 heterocycles. The van der Waals surface area contributed by atoms with E-state index in [4.69, 9.17) is 14.2 Å². The van der Waals surface area contributed by atoms with Crippen molar-refractivity contribution in [2.24, 2.45) is 5.92 Å². The maximum absolute atomic E-state index is 12.6. The molecule has 8 nitrogen and oxygen atoms in total. The van der Waals surface area contributed by atoms with Crippen LogP contribution in [0.3, 0.4) is 0 Å². The van der Waals surface area contributed by atoms with Crippen molar-refractivity contribution in [1.29, 1.82) is 0 Å². The van der Waals surface area contributed by atoms with Gasteiger partial charge in [-0.3, -0.25) is 0 Å². The molecule has 0 aromatic heterocycles. The first-order valence-electron chi connectivity index (χ1n) is 9.08. The molecule has 2 N–H and O–H groups in total. The highest BCUT2D eigenvalue weighted by Crippen LogP contribution is 2.36. The van der Waals surface area contributed by atoms with E-state index in [0.717, 1.165) is 18.9 Å². The summed E-state index contributed by atoms with van der Waals surface area (Å²) in [6, 6.07) is 2.42. The molecule has 1 fully saturated rings. The molecular formula is C18H25NO7S. The molecule has 0 amide bonds. The minimum atomic E-state index is -3.86. The Kier molecular flexibility index (Phi) is 5.92. The average molecular weight is 399 g/mol. The van der Waals surface area contributed by atoms with E-state index in [2.05, 4.69) is 4.72 Å². The number of carbonyl (C=O) groups is 1. The highest BCUT2D eigenvalue weighted by Gasteiger charge is 2.27. The number of ether oxygens (including phenoxy) is 3. The van der Waals surface area contributed by atoms with Crippen molar-refractivity contribution in [1.82, 2.24) is 4.72 Å². The third kappa shape index (κ3) is 4.72. The lowest BCUT2D eigenvalue weighted by Gasteiger charge is -2.32. The molecule has 0 bridgehead atoms. The molecule has 0 radical (unpaired) electrons. The largest absolute Gasteiger partial charge is 0.486 e. The molecule has 0 saturated carbocycles. The van der Waals surface area contributed by atoms with Crippen LogP contribution in [0.1, 0.15) is 43.5 Å². The van der Waals surface area contributed by atoms with E-state index in [-0.39, 0.29) is 53.9 Å². The number of rotatable bonds is 6. The van der Waals surface area contributed by atoms with E-state index < -0.39 is 16.0 Å². The van der Waals surface area contributed by atoms with Gasteiger partial charge in [-0.15, -0.1) is 0 Å². The highest BCUT2D eigenvalue weighted by molar-refractivity contribution is 7.89. The van der Waals surface area contributed by atoms with Crippen LogP contribution in [0.25, 0.3) is 0 Å². The van der Waals surface area contributed by atoms with Gasteiger partial charge in [-0.25, -0.2) is 17.9 Å². The molecule has 1 aromatic carbocycles. The smallest absolute Gasteiger partial charge is 0.339 e. The van der Waals surface area contributed by atoms with Crippen molar-refractivity contribution in [3.8, 4) is 11.5 Å². The summed E-state index contributed by atoms with van der Waals surface area (Å²) in [5.41, 5.74) is -0.223. The minimum absolute atomic E-state index is 0.0675. The van der Waals surface area contributed by atoms with Crippen LogP contribution in [-0.2, 0) is 14.8 Å². The van der Waals surface area contributed by atoms with Crippen LogP contribution in [0, 0.1) is 5.92 Å². The molecule has 0 aliphatic carbocycles. The number of fused-ring (bicyclic) bond motifs is 1. The van der Waals surface area contributed by atoms with Gasteiger partial charge in [0.15, 0.2) is 11.5 Å². The number of aromatic carboxylic acids is 1. The van der Waals surface area contributed by atoms with Gasteiger partial charge in [-0.1, -0.05) is 0 Å². The van der Waals surface area contributed by atoms with E-state index in [9.17, 15) is 18.3 Å². The molecule has 2 atom stereocenters. The number of nitrogens with one attached hydrogen (secondary N) is 1. The SMILES string of the molecule is CC1CC(CCNS(=O)(=O)c2cc3c(c(C(=O)O)c2)OCCO3)CC(C)O1. The minimum Gasteiger partial charge on any atom is -0.486 e. The predicted octanol–water partition coefficient (Wildman–Crippen LogP) is 2.03. The number of hydrogen-bond acceptors (Lipinski definition) is 6. The molecule has 27 heavy (non-hydrogen) atoms. The summed E-state index contributed by atoms with van der Waals surface area (Å²) >= 11 is 0. The van der Waals surface area contributed by atoms with Gasteiger partial charge in [0.2, 0.25) is 10.0 Å². The first-order chi connectivity index (χ1) is 12.8. The number of sulfonamides is 1. The Morgan fingerprint density at radius 3 is 2.52 bits per heavy atom. The Labute approximate surface area is 158 Å². The van der Waals surface area contributed by atoms with Gasteiger partial charge in [0, 0.05) is 12.6 Å². The summed E-state index contributed by atoms with van der Waals surface area (Å²) in [7, 11) is -3.86. The van der Waals surface area contributed by atoms with Crippen molar-refractivity contribution in [2.45, 2.75) is 50.2 Å². The quantitative estimate of drug-likeness (QED) is 0.753. The Morgan fingerprint density at radius 1 is 1.19 bits per heavy atom. The topological polar surface area (TPSA) is 111 Å². The molecular weight excluding hydrogens is 374 g/mol. The molecule has 2 unspecified atom stereocenters. The van der Waals surface area contributed by atoms with Gasteiger partial charge in [-0.05, 0) is 45.1 Å². The second-order valence-electron chi connectivity index (χ2n) is 7.08. The lowest BCUT2D eigenvalue weighted by Crippen LogP contribution is -2.32. The van der Waals surface area contributed by atoms with Crippen molar-refractivity contribution < 1.29 is 32.5 Å². The zero-order valence-electron chi connectivity index (χ0n) is 15.4. The average Bonchev–Trinajstić information content (AvgIpc) is 2.59. The maximum atomic E-state index is 12.6. The van der Waals surface area contributed by atoms with Gasteiger partial charge in [-0.2, -0.15) is 0 Å². The highest BCUT2D eigenvalue weighted by atomic mass is 32.2. The molecule has 1 saturated heterocycles. The van der Waals surface area contributed by atoms with Crippen LogP contribution in [-0.4, -0.2) is 51.5 Å². The molecule has 150 valence electrons. The van der Waals surface area contributed by atoms with E-state index >= 15 is 0 Å². The van der Waals surface area contributed by atoms with Crippen molar-refractivity contribution in [3.63, 3.8) is 0 Å². The number of carboxylic acids is 1. The fourth-order valence-electron chi connectivity index (χ4n) is 3.70. The first kappa shape index (κ1) is 19.9. The first-order valence-corrected chi connectivity index (χ1v) is 10.6. The summed E-state index contributed by atoms with van der Waals surface area (Å²) in [4.78, 5) is 11.3. The Bertz CT molecular complexity index is 798. The second-order valence-corrected chi connectivity index (χ2v) is 8.85. The van der Waals surface area contributed by atoms with Gasteiger partial charge >= 0.3 is 5.97 Å². The summed E-state index contributed by atoms with van der Waals surface area (Å²) in [6.45, 7) is 4.79. The third-order valence-corrected chi connectivity index (χ3v) is 6.24. The normalized spacial score (nSPS) is 25.2. The van der Waals surface area contributed by atoms with Crippen molar-refractivity contribution in [3.05, 3.63) is 17.7 Å². The lowest BCUT2D eigenvalue weighted by atomic mass is 9.90. The van der Waals surface area contributed by atoms with Crippen LogP contribution < -0.4 is 14.2 Å². The number of benzene rings is 1. The molecule has 2 aliphatic heterocycles. The Balaban J connectivity index is 1.71. The van der Waals surface area contributed by atoms with E-state index in [0.29, 0.717) is 12.3 Å². The van der Waals surface area contributed by atoms with E-state index in [1.165, 1.54) is 6.07 Å². The van der Waals surface area contributed by atoms with Crippen molar-refractivity contribution in [2.75, 3.05) is 19.8 Å². The van der Waals surface area contributed by atoms with Crippen LogP contribution in [0.4, 0.5) is 0 Å². The van der Waals surface area contributed by atoms with Crippen LogP contribution in [0.15, 0.2) is 17.0 Å². The Morgan fingerprint density at radius 2 is 1.85 bits per heavy atom. The van der Waals surface area contributed by atoms with Gasteiger partial charge in [0.05, 0.1) is 17.1 Å². The molecule has 0 spiro atoms. The number of carboxylic acid groups (broad SMARTS) is 1. The fraction of sp³-hybridized carbons (Fsp3) is 0.611. The summed E-state index contributed by atoms with van der Waals surface area (Å²) in [6.07, 6.45) is 2.85. The van der Waals surface area contributed by atoms with Gasteiger partial charge in [0.25, 0.3) is 0 Å². The maximum Gasteiger partial charge on any atom is 0.339 e. The van der Waals surface area contributed by atoms with Crippen LogP contribution in [0.5, 0.6) is 11.5 Å². The monoisotopic (exact) mass is 399 g/mol. The van der Waals surface area contributed by atoms with Crippen molar-refractivity contribution >= 4 is 16.0 Å². The van der Waals surface area contributed by atoms with Crippen LogP contribution in [0.2, 0.25) is 0 Å². The fourth-order valence-corrected chi connectivity index (χ4v) is 4.79. The van der Waals surface area contributed by atoms with E-state index in [1.54, 1.807) is 0 Å². The standard InChI is InChI=1S/C18H25NO7S/c1-11-7-13(8-12(2)26-11)3-4-19-27(22,23)14-9-15(18(20)21)17-16(10-14)24-5-6-25-17/h9-13,19H,3-8H2,1-2H3,(H,20,21). The zero-order valence-corrected chi connectivity index (χ0v) is 16.3. The van der Waals surface area contributed by atoms with Gasteiger partial charge in [0.1, 0.15) is 18.8 Å².